The number of allylic oxidation sites excluding steroid dienone is 1. The number of rotatable bonds is 6. The summed E-state index contributed by atoms with van der Waals surface area (Å²) in [5.41, 5.74) is 9.15. The van der Waals surface area contributed by atoms with Gasteiger partial charge in [-0.05, 0) is 43.7 Å². The third-order valence-corrected chi connectivity index (χ3v) is 5.00. The summed E-state index contributed by atoms with van der Waals surface area (Å²) in [4.78, 5) is 0. The first-order valence-electron chi connectivity index (χ1n) is 9.92. The second-order valence-corrected chi connectivity index (χ2v) is 6.86. The third-order valence-electron chi connectivity index (χ3n) is 5.00. The van der Waals surface area contributed by atoms with Crippen molar-refractivity contribution >= 4 is 0 Å². The van der Waals surface area contributed by atoms with Crippen LogP contribution in [0.15, 0.2) is 53.9 Å². The van der Waals surface area contributed by atoms with E-state index in [9.17, 15) is 10.4 Å². The van der Waals surface area contributed by atoms with Crippen LogP contribution in [0.1, 0.15) is 30.9 Å². The standard InChI is InChI=1S/C23H22N4O4/c1-3-29-15-9-10-16(18(11-15)30-4-2)21-20-19(13-5-7-14(28)8-6-13)17(12-24)22(25)31-23(20)27-26-21/h5-11,19,28H,3-4,25H2,1-2H3,(H,26,27)/t19-/m1/s1. The molecule has 158 valence electrons. The summed E-state index contributed by atoms with van der Waals surface area (Å²) in [5.74, 6) is 1.21. The maximum Gasteiger partial charge on any atom is 0.244 e. The van der Waals surface area contributed by atoms with Crippen LogP contribution in [0.3, 0.4) is 0 Å². The summed E-state index contributed by atoms with van der Waals surface area (Å²) < 4.78 is 17.1. The molecular weight excluding hydrogens is 396 g/mol. The summed E-state index contributed by atoms with van der Waals surface area (Å²) in [7, 11) is 0. The average molecular weight is 418 g/mol. The van der Waals surface area contributed by atoms with Crippen molar-refractivity contribution in [1.29, 1.82) is 5.26 Å². The van der Waals surface area contributed by atoms with Crippen LogP contribution in [-0.2, 0) is 0 Å². The molecule has 4 rings (SSSR count). The Labute approximate surface area is 179 Å². The van der Waals surface area contributed by atoms with Gasteiger partial charge in [0.1, 0.15) is 28.9 Å². The molecule has 0 bridgehead atoms. The second kappa shape index (κ2) is 8.32. The number of aromatic hydroxyl groups is 1. The van der Waals surface area contributed by atoms with Gasteiger partial charge in [-0.25, -0.2) is 0 Å². The fourth-order valence-corrected chi connectivity index (χ4v) is 3.69. The highest BCUT2D eigenvalue weighted by molar-refractivity contribution is 5.76. The van der Waals surface area contributed by atoms with Gasteiger partial charge in [0, 0.05) is 11.6 Å². The number of fused-ring (bicyclic) bond motifs is 1. The van der Waals surface area contributed by atoms with E-state index in [1.807, 2.05) is 32.0 Å². The predicted molar refractivity (Wildman–Crippen MR) is 114 cm³/mol. The van der Waals surface area contributed by atoms with Crippen LogP contribution in [0.5, 0.6) is 23.1 Å². The highest BCUT2D eigenvalue weighted by Gasteiger charge is 2.36. The van der Waals surface area contributed by atoms with E-state index in [0.717, 1.165) is 11.1 Å². The minimum Gasteiger partial charge on any atom is -0.508 e. The van der Waals surface area contributed by atoms with Crippen molar-refractivity contribution in [3.05, 3.63) is 65.0 Å². The Hall–Kier alpha value is -4.12. The molecule has 4 N–H and O–H groups in total. The maximum atomic E-state index is 9.82. The summed E-state index contributed by atoms with van der Waals surface area (Å²) in [6.07, 6.45) is 0. The van der Waals surface area contributed by atoms with Gasteiger partial charge in [0.2, 0.25) is 11.8 Å². The molecule has 1 aliphatic heterocycles. The van der Waals surface area contributed by atoms with E-state index in [2.05, 4.69) is 16.3 Å². The molecule has 0 unspecified atom stereocenters. The first-order chi connectivity index (χ1) is 15.1. The van der Waals surface area contributed by atoms with E-state index in [1.54, 1.807) is 24.3 Å². The zero-order valence-electron chi connectivity index (χ0n) is 17.2. The first kappa shape index (κ1) is 20.2. The fraction of sp³-hybridized carbons (Fsp3) is 0.217. The molecular formula is C23H22N4O4. The SMILES string of the molecule is CCOc1ccc(-c2[nH]nc3c2[C@H](c2ccc(O)cc2)C(C#N)=C(N)O3)c(OCC)c1. The van der Waals surface area contributed by atoms with E-state index < -0.39 is 5.92 Å². The zero-order valence-corrected chi connectivity index (χ0v) is 17.2. The number of phenolic OH excluding ortho intramolecular Hbond substituents is 1. The Morgan fingerprint density at radius 3 is 2.58 bits per heavy atom. The summed E-state index contributed by atoms with van der Waals surface area (Å²) >= 11 is 0. The molecule has 0 aliphatic carbocycles. The van der Waals surface area contributed by atoms with Gasteiger partial charge in [0.25, 0.3) is 0 Å². The van der Waals surface area contributed by atoms with E-state index in [0.29, 0.717) is 41.9 Å². The Morgan fingerprint density at radius 2 is 1.90 bits per heavy atom. The molecule has 3 aromatic rings. The number of nitrogens with zero attached hydrogens (tertiary/aromatic N) is 2. The summed E-state index contributed by atoms with van der Waals surface area (Å²) in [6.45, 7) is 4.82. The number of aromatic amines is 1. The number of hydrogen-bond donors (Lipinski definition) is 3. The minimum atomic E-state index is -0.524. The number of nitriles is 1. The number of ether oxygens (including phenoxy) is 3. The molecule has 31 heavy (non-hydrogen) atoms. The molecule has 2 heterocycles. The molecule has 2 aromatic carbocycles. The lowest BCUT2D eigenvalue weighted by atomic mass is 9.83. The summed E-state index contributed by atoms with van der Waals surface area (Å²) in [6, 6.07) is 14.4. The molecule has 8 heteroatoms. The first-order valence-corrected chi connectivity index (χ1v) is 9.92. The van der Waals surface area contributed by atoms with Crippen molar-refractivity contribution in [1.82, 2.24) is 10.2 Å². The van der Waals surface area contributed by atoms with E-state index >= 15 is 0 Å². The zero-order chi connectivity index (χ0) is 22.0. The van der Waals surface area contributed by atoms with Gasteiger partial charge in [-0.1, -0.05) is 12.1 Å². The molecule has 0 fully saturated rings. The molecule has 0 amide bonds. The van der Waals surface area contributed by atoms with Crippen LogP contribution in [0.4, 0.5) is 0 Å². The number of benzene rings is 2. The van der Waals surface area contributed by atoms with Crippen LogP contribution in [0.25, 0.3) is 11.3 Å². The van der Waals surface area contributed by atoms with Crippen LogP contribution < -0.4 is 19.9 Å². The van der Waals surface area contributed by atoms with Crippen LogP contribution in [-0.4, -0.2) is 28.5 Å². The van der Waals surface area contributed by atoms with Crippen molar-refractivity contribution < 1.29 is 19.3 Å². The molecule has 1 atom stereocenters. The quantitative estimate of drug-likeness (QED) is 0.556. The number of aromatic nitrogens is 2. The van der Waals surface area contributed by atoms with Crippen molar-refractivity contribution in [2.45, 2.75) is 19.8 Å². The van der Waals surface area contributed by atoms with Gasteiger partial charge in [-0.3, -0.25) is 5.10 Å². The lowest BCUT2D eigenvalue weighted by Gasteiger charge is -2.24. The van der Waals surface area contributed by atoms with E-state index in [4.69, 9.17) is 19.9 Å². The smallest absolute Gasteiger partial charge is 0.244 e. The highest BCUT2D eigenvalue weighted by Crippen LogP contribution is 2.47. The molecule has 1 aliphatic rings. The molecule has 1 aromatic heterocycles. The molecule has 0 spiro atoms. The van der Waals surface area contributed by atoms with E-state index in [-0.39, 0.29) is 17.2 Å². The highest BCUT2D eigenvalue weighted by atomic mass is 16.5. The van der Waals surface area contributed by atoms with Crippen molar-refractivity contribution in [3.8, 4) is 40.5 Å². The molecule has 0 radical (unpaired) electrons. The average Bonchev–Trinajstić information content (AvgIpc) is 3.17. The van der Waals surface area contributed by atoms with Gasteiger partial charge in [0.15, 0.2) is 0 Å². The van der Waals surface area contributed by atoms with Crippen LogP contribution in [0.2, 0.25) is 0 Å². The van der Waals surface area contributed by atoms with Crippen molar-refractivity contribution in [3.63, 3.8) is 0 Å². The monoisotopic (exact) mass is 418 g/mol. The normalized spacial score (nSPS) is 15.1. The number of nitrogens with two attached hydrogens (primary N) is 1. The number of nitrogens with one attached hydrogen (secondary N) is 1. The van der Waals surface area contributed by atoms with Crippen molar-refractivity contribution in [2.75, 3.05) is 13.2 Å². The van der Waals surface area contributed by atoms with Crippen molar-refractivity contribution in [2.24, 2.45) is 5.73 Å². The van der Waals surface area contributed by atoms with Gasteiger partial charge >= 0.3 is 0 Å². The van der Waals surface area contributed by atoms with Crippen LogP contribution >= 0.6 is 0 Å². The second-order valence-electron chi connectivity index (χ2n) is 6.86. The maximum absolute atomic E-state index is 9.82. The van der Waals surface area contributed by atoms with Crippen LogP contribution in [0, 0.1) is 11.3 Å². The van der Waals surface area contributed by atoms with Gasteiger partial charge < -0.3 is 25.1 Å². The Morgan fingerprint density at radius 1 is 1.16 bits per heavy atom. The largest absolute Gasteiger partial charge is 0.508 e. The lowest BCUT2D eigenvalue weighted by molar-refractivity contribution is 0.324. The number of phenols is 1. The number of H-pyrrole nitrogens is 1. The topological polar surface area (TPSA) is 126 Å². The Bertz CT molecular complexity index is 1180. The molecule has 0 saturated heterocycles. The number of hydrogen-bond acceptors (Lipinski definition) is 7. The predicted octanol–water partition coefficient (Wildman–Crippen LogP) is 3.80. The van der Waals surface area contributed by atoms with Gasteiger partial charge in [-0.15, -0.1) is 5.10 Å². The van der Waals surface area contributed by atoms with Gasteiger partial charge in [-0.2, -0.15) is 5.26 Å². The minimum absolute atomic E-state index is 0.00264. The third kappa shape index (κ3) is 3.62. The Balaban J connectivity index is 1.91. The van der Waals surface area contributed by atoms with E-state index in [1.165, 1.54) is 0 Å². The fourth-order valence-electron chi connectivity index (χ4n) is 3.69. The molecule has 8 nitrogen and oxygen atoms in total. The molecule has 0 saturated carbocycles. The lowest BCUT2D eigenvalue weighted by Crippen LogP contribution is -2.21. The van der Waals surface area contributed by atoms with Gasteiger partial charge in [0.05, 0.1) is 30.4 Å². The Kier molecular flexibility index (Phi) is 5.41. The summed E-state index contributed by atoms with van der Waals surface area (Å²) in [5, 5.41) is 26.8.